The molecule has 0 saturated heterocycles. The van der Waals surface area contributed by atoms with Gasteiger partial charge in [0.15, 0.2) is 0 Å². The topological polar surface area (TPSA) is 51.1 Å². The number of nitrogens with one attached hydrogen (secondary N) is 1. The summed E-state index contributed by atoms with van der Waals surface area (Å²) < 4.78 is 1.97. The Balaban J connectivity index is 2.15. The summed E-state index contributed by atoms with van der Waals surface area (Å²) in [5.41, 5.74) is 0. The van der Waals surface area contributed by atoms with Gasteiger partial charge < -0.3 is 9.88 Å². The molecular weight excluding hydrogens is 180 g/mol. The van der Waals surface area contributed by atoms with Crippen molar-refractivity contribution >= 4 is 11.7 Å². The predicted molar refractivity (Wildman–Crippen MR) is 52.7 cm³/mol. The highest BCUT2D eigenvalue weighted by Crippen LogP contribution is 1.88. The van der Waals surface area contributed by atoms with Gasteiger partial charge in [0.05, 0.1) is 6.42 Å². The van der Waals surface area contributed by atoms with Crippen LogP contribution in [0.1, 0.15) is 13.3 Å². The number of ketones is 1. The van der Waals surface area contributed by atoms with Gasteiger partial charge in [0.1, 0.15) is 5.78 Å². The summed E-state index contributed by atoms with van der Waals surface area (Å²) in [6.07, 6.45) is 3.83. The van der Waals surface area contributed by atoms with Gasteiger partial charge in [-0.3, -0.25) is 9.59 Å². The quantitative estimate of drug-likeness (QED) is 0.697. The van der Waals surface area contributed by atoms with Crippen LogP contribution < -0.4 is 5.32 Å². The molecule has 4 heteroatoms. The molecule has 0 aromatic carbocycles. The molecule has 0 fully saturated rings. The van der Waals surface area contributed by atoms with Gasteiger partial charge in [0.25, 0.3) is 0 Å². The highest BCUT2D eigenvalue weighted by molar-refractivity contribution is 5.96. The maximum Gasteiger partial charge on any atom is 0.227 e. The molecule has 4 nitrogen and oxygen atoms in total. The molecule has 0 aliphatic rings. The van der Waals surface area contributed by atoms with Crippen LogP contribution in [0, 0.1) is 0 Å². The molecule has 0 aliphatic carbocycles. The molecule has 0 bridgehead atoms. The number of nitrogens with zero attached hydrogens (tertiary/aromatic N) is 1. The summed E-state index contributed by atoms with van der Waals surface area (Å²) in [5.74, 6) is -0.312. The normalized spacial score (nSPS) is 9.79. The van der Waals surface area contributed by atoms with E-state index in [1.807, 2.05) is 29.1 Å². The molecular formula is C10H14N2O2. The van der Waals surface area contributed by atoms with Gasteiger partial charge in [0, 0.05) is 25.5 Å². The second-order valence-corrected chi connectivity index (χ2v) is 3.15. The number of rotatable bonds is 5. The van der Waals surface area contributed by atoms with Crippen molar-refractivity contribution in [1.29, 1.82) is 0 Å². The third-order valence-electron chi connectivity index (χ3n) is 1.77. The molecule has 1 aromatic heterocycles. The number of aromatic nitrogens is 1. The molecule has 1 heterocycles. The second-order valence-electron chi connectivity index (χ2n) is 3.15. The van der Waals surface area contributed by atoms with Crippen molar-refractivity contribution in [3.63, 3.8) is 0 Å². The van der Waals surface area contributed by atoms with E-state index in [1.165, 1.54) is 6.92 Å². The van der Waals surface area contributed by atoms with Gasteiger partial charge in [-0.25, -0.2) is 0 Å². The second kappa shape index (κ2) is 5.21. The van der Waals surface area contributed by atoms with Crippen molar-refractivity contribution in [3.05, 3.63) is 24.5 Å². The first kappa shape index (κ1) is 10.5. The van der Waals surface area contributed by atoms with E-state index in [0.29, 0.717) is 6.54 Å². The van der Waals surface area contributed by atoms with E-state index >= 15 is 0 Å². The molecule has 1 amide bonds. The maximum absolute atomic E-state index is 11.0. The van der Waals surface area contributed by atoms with Gasteiger partial charge in [-0.05, 0) is 19.1 Å². The first-order valence-corrected chi connectivity index (χ1v) is 4.55. The lowest BCUT2D eigenvalue weighted by atomic mass is 10.3. The Bertz CT molecular complexity index is 304. The van der Waals surface area contributed by atoms with Crippen LogP contribution in [0.3, 0.4) is 0 Å². The Morgan fingerprint density at radius 2 is 1.93 bits per heavy atom. The van der Waals surface area contributed by atoms with E-state index < -0.39 is 0 Å². The van der Waals surface area contributed by atoms with Crippen molar-refractivity contribution in [2.24, 2.45) is 0 Å². The van der Waals surface area contributed by atoms with Gasteiger partial charge in [0.2, 0.25) is 5.91 Å². The van der Waals surface area contributed by atoms with Crippen LogP contribution in [-0.4, -0.2) is 22.8 Å². The van der Waals surface area contributed by atoms with Crippen molar-refractivity contribution in [1.82, 2.24) is 9.88 Å². The van der Waals surface area contributed by atoms with E-state index in [-0.39, 0.29) is 18.1 Å². The summed E-state index contributed by atoms with van der Waals surface area (Å²) in [6.45, 7) is 2.70. The van der Waals surface area contributed by atoms with Crippen LogP contribution in [0.2, 0.25) is 0 Å². The molecule has 0 atom stereocenters. The molecule has 0 radical (unpaired) electrons. The fraction of sp³-hybridized carbons (Fsp3) is 0.400. The highest BCUT2D eigenvalue weighted by Gasteiger charge is 2.02. The molecule has 0 aliphatic heterocycles. The summed E-state index contributed by atoms with van der Waals surface area (Å²) >= 11 is 0. The van der Waals surface area contributed by atoms with Gasteiger partial charge in [-0.1, -0.05) is 0 Å². The third-order valence-corrected chi connectivity index (χ3v) is 1.77. The molecule has 1 rings (SSSR count). The van der Waals surface area contributed by atoms with Gasteiger partial charge in [-0.15, -0.1) is 0 Å². The number of hydrogen-bond acceptors (Lipinski definition) is 2. The number of hydrogen-bond donors (Lipinski definition) is 1. The average molecular weight is 194 g/mol. The van der Waals surface area contributed by atoms with Crippen molar-refractivity contribution in [3.8, 4) is 0 Å². The zero-order valence-corrected chi connectivity index (χ0v) is 8.19. The van der Waals surface area contributed by atoms with Crippen LogP contribution in [-0.2, 0) is 16.1 Å². The van der Waals surface area contributed by atoms with Crippen LogP contribution in [0.4, 0.5) is 0 Å². The Morgan fingerprint density at radius 3 is 2.50 bits per heavy atom. The lowest BCUT2D eigenvalue weighted by Gasteiger charge is -2.04. The first-order valence-electron chi connectivity index (χ1n) is 4.55. The Morgan fingerprint density at radius 1 is 1.29 bits per heavy atom. The van der Waals surface area contributed by atoms with Crippen molar-refractivity contribution in [2.45, 2.75) is 19.9 Å². The van der Waals surface area contributed by atoms with Crippen LogP contribution >= 0.6 is 0 Å². The molecule has 0 saturated carbocycles. The zero-order chi connectivity index (χ0) is 10.4. The van der Waals surface area contributed by atoms with Crippen LogP contribution in [0.25, 0.3) is 0 Å². The SMILES string of the molecule is CC(=O)CC(=O)NCCn1cccc1. The Hall–Kier alpha value is -1.58. The van der Waals surface area contributed by atoms with E-state index in [1.54, 1.807) is 0 Å². The molecule has 0 spiro atoms. The standard InChI is InChI=1S/C10H14N2O2/c1-9(13)8-10(14)11-4-7-12-5-2-3-6-12/h2-3,5-6H,4,7-8H2,1H3,(H,11,14). The zero-order valence-electron chi connectivity index (χ0n) is 8.19. The monoisotopic (exact) mass is 194 g/mol. The maximum atomic E-state index is 11.0. The first-order chi connectivity index (χ1) is 6.68. The molecule has 1 N–H and O–H groups in total. The summed E-state index contributed by atoms with van der Waals surface area (Å²) in [4.78, 5) is 21.6. The predicted octanol–water partition coefficient (Wildman–Crippen LogP) is 0.583. The lowest BCUT2D eigenvalue weighted by Crippen LogP contribution is -2.28. The van der Waals surface area contributed by atoms with Gasteiger partial charge >= 0.3 is 0 Å². The van der Waals surface area contributed by atoms with Gasteiger partial charge in [-0.2, -0.15) is 0 Å². The van der Waals surface area contributed by atoms with E-state index in [0.717, 1.165) is 6.54 Å². The van der Waals surface area contributed by atoms with E-state index in [4.69, 9.17) is 0 Å². The molecule has 76 valence electrons. The van der Waals surface area contributed by atoms with Crippen molar-refractivity contribution in [2.75, 3.05) is 6.54 Å². The molecule has 1 aromatic rings. The smallest absolute Gasteiger partial charge is 0.227 e. The largest absolute Gasteiger partial charge is 0.354 e. The molecule has 0 unspecified atom stereocenters. The summed E-state index contributed by atoms with van der Waals surface area (Å²) in [6, 6.07) is 3.86. The highest BCUT2D eigenvalue weighted by atomic mass is 16.2. The average Bonchev–Trinajstić information content (AvgIpc) is 2.55. The minimum atomic E-state index is -0.204. The fourth-order valence-corrected chi connectivity index (χ4v) is 1.13. The Kier molecular flexibility index (Phi) is 3.91. The third kappa shape index (κ3) is 3.89. The molecule has 14 heavy (non-hydrogen) atoms. The van der Waals surface area contributed by atoms with Crippen LogP contribution in [0.15, 0.2) is 24.5 Å². The summed E-state index contributed by atoms with van der Waals surface area (Å²) in [7, 11) is 0. The lowest BCUT2D eigenvalue weighted by molar-refractivity contribution is -0.127. The minimum Gasteiger partial charge on any atom is -0.354 e. The number of amides is 1. The number of carbonyl (C=O) groups is 2. The number of Topliss-reactive ketones (excluding diaryl/α,β-unsaturated/α-hetero) is 1. The van der Waals surface area contributed by atoms with Crippen LogP contribution in [0.5, 0.6) is 0 Å². The summed E-state index contributed by atoms with van der Waals surface area (Å²) in [5, 5.41) is 2.67. The van der Waals surface area contributed by atoms with Crippen molar-refractivity contribution < 1.29 is 9.59 Å². The fourth-order valence-electron chi connectivity index (χ4n) is 1.13. The minimum absolute atomic E-state index is 0.0221. The van der Waals surface area contributed by atoms with E-state index in [2.05, 4.69) is 5.32 Å². The number of carbonyl (C=O) groups excluding carboxylic acids is 2. The Labute approximate surface area is 82.9 Å². The van der Waals surface area contributed by atoms with E-state index in [9.17, 15) is 9.59 Å².